The molecule has 0 aliphatic carbocycles. The van der Waals surface area contributed by atoms with Crippen LogP contribution in [0.4, 0.5) is 5.69 Å². The predicted octanol–water partition coefficient (Wildman–Crippen LogP) is 3.34. The number of aryl methyl sites for hydroxylation is 2. The van der Waals surface area contributed by atoms with E-state index in [1.54, 1.807) is 6.26 Å². The summed E-state index contributed by atoms with van der Waals surface area (Å²) in [5.41, 5.74) is 4.00. The first kappa shape index (κ1) is 17.0. The third kappa shape index (κ3) is 4.37. The van der Waals surface area contributed by atoms with Gasteiger partial charge in [-0.25, -0.2) is 0 Å². The Balaban J connectivity index is 1.80. The maximum atomic E-state index is 13.0. The minimum absolute atomic E-state index is 0.0357. The fourth-order valence-corrected chi connectivity index (χ4v) is 2.80. The summed E-state index contributed by atoms with van der Waals surface area (Å²) in [6.45, 7) is 4.62. The maximum absolute atomic E-state index is 13.0. The average Bonchev–Trinajstić information content (AvgIpc) is 3.13. The molecule has 0 saturated heterocycles. The van der Waals surface area contributed by atoms with Gasteiger partial charge in [0.1, 0.15) is 6.54 Å². The van der Waals surface area contributed by atoms with Crippen LogP contribution in [0.1, 0.15) is 28.5 Å². The monoisotopic (exact) mass is 335 g/mol. The van der Waals surface area contributed by atoms with Gasteiger partial charge in [0.25, 0.3) is 5.91 Å². The molecule has 128 valence electrons. The molecule has 0 fully saturated rings. The number of nitrogens with two attached hydrogens (primary N) is 1. The molecule has 1 aromatic heterocycles. The first-order valence-corrected chi connectivity index (χ1v) is 8.42. The molecule has 3 N–H and O–H groups in total. The van der Waals surface area contributed by atoms with Crippen molar-refractivity contribution in [3.63, 3.8) is 0 Å². The molecule has 3 rings (SSSR count). The SMILES string of the molecule is Cc1ccc(C)c(NC(=O)[C@@H]([NH2+]Cc2ccco2)c2ccccc2)c1. The molecule has 0 bridgehead atoms. The number of anilines is 1. The van der Waals surface area contributed by atoms with Gasteiger partial charge in [0.15, 0.2) is 11.8 Å². The molecule has 4 nitrogen and oxygen atoms in total. The summed E-state index contributed by atoms with van der Waals surface area (Å²) in [5.74, 6) is 0.812. The zero-order valence-electron chi connectivity index (χ0n) is 14.5. The minimum Gasteiger partial charge on any atom is -0.463 e. The number of hydrogen-bond donors (Lipinski definition) is 2. The van der Waals surface area contributed by atoms with Crippen molar-refractivity contribution in [3.05, 3.63) is 89.4 Å². The van der Waals surface area contributed by atoms with E-state index in [4.69, 9.17) is 4.42 Å². The van der Waals surface area contributed by atoms with Gasteiger partial charge in [0.05, 0.1) is 6.26 Å². The average molecular weight is 335 g/mol. The number of carbonyl (C=O) groups excluding carboxylic acids is 1. The molecule has 1 atom stereocenters. The van der Waals surface area contributed by atoms with E-state index < -0.39 is 0 Å². The summed E-state index contributed by atoms with van der Waals surface area (Å²) in [6.07, 6.45) is 1.65. The summed E-state index contributed by atoms with van der Waals surface area (Å²) in [7, 11) is 0. The Labute approximate surface area is 147 Å². The number of hydrogen-bond acceptors (Lipinski definition) is 2. The molecular formula is C21H23N2O2+. The van der Waals surface area contributed by atoms with Crippen LogP contribution in [0.25, 0.3) is 0 Å². The summed E-state index contributed by atoms with van der Waals surface area (Å²) in [5, 5.41) is 5.07. The molecule has 0 aliphatic rings. The van der Waals surface area contributed by atoms with Crippen molar-refractivity contribution in [2.24, 2.45) is 0 Å². The lowest BCUT2D eigenvalue weighted by molar-refractivity contribution is -0.699. The predicted molar refractivity (Wildman–Crippen MR) is 98.1 cm³/mol. The number of carbonyl (C=O) groups is 1. The lowest BCUT2D eigenvalue weighted by Crippen LogP contribution is -2.85. The number of benzene rings is 2. The summed E-state index contributed by atoms with van der Waals surface area (Å²) in [6, 6.07) is 19.3. The van der Waals surface area contributed by atoms with Gasteiger partial charge in [0, 0.05) is 11.3 Å². The van der Waals surface area contributed by atoms with Crippen molar-refractivity contribution in [2.45, 2.75) is 26.4 Å². The smallest absolute Gasteiger partial charge is 0.287 e. The number of furan rings is 1. The van der Waals surface area contributed by atoms with E-state index in [0.717, 1.165) is 28.1 Å². The van der Waals surface area contributed by atoms with Crippen molar-refractivity contribution in [3.8, 4) is 0 Å². The molecule has 0 spiro atoms. The van der Waals surface area contributed by atoms with E-state index in [2.05, 4.69) is 5.32 Å². The van der Waals surface area contributed by atoms with Gasteiger partial charge >= 0.3 is 0 Å². The van der Waals surface area contributed by atoms with Crippen molar-refractivity contribution in [2.75, 3.05) is 5.32 Å². The van der Waals surface area contributed by atoms with Crippen LogP contribution in [-0.2, 0) is 11.3 Å². The Morgan fingerprint density at radius 3 is 2.60 bits per heavy atom. The Kier molecular flexibility index (Phi) is 5.31. The first-order valence-electron chi connectivity index (χ1n) is 8.42. The molecule has 1 heterocycles. The molecule has 3 aromatic rings. The molecule has 0 aliphatic heterocycles. The second-order valence-corrected chi connectivity index (χ2v) is 6.22. The molecule has 0 radical (unpaired) electrons. The van der Waals surface area contributed by atoms with Gasteiger partial charge in [-0.15, -0.1) is 0 Å². The lowest BCUT2D eigenvalue weighted by Gasteiger charge is -2.17. The van der Waals surface area contributed by atoms with Gasteiger partial charge < -0.3 is 15.1 Å². The highest BCUT2D eigenvalue weighted by Gasteiger charge is 2.24. The Morgan fingerprint density at radius 1 is 1.08 bits per heavy atom. The van der Waals surface area contributed by atoms with Crippen molar-refractivity contribution < 1.29 is 14.5 Å². The van der Waals surface area contributed by atoms with E-state index in [9.17, 15) is 4.79 Å². The molecule has 2 aromatic carbocycles. The molecule has 25 heavy (non-hydrogen) atoms. The van der Waals surface area contributed by atoms with Crippen LogP contribution in [-0.4, -0.2) is 5.91 Å². The van der Waals surface area contributed by atoms with Crippen molar-refractivity contribution >= 4 is 11.6 Å². The molecule has 0 saturated carbocycles. The fraction of sp³-hybridized carbons (Fsp3) is 0.190. The van der Waals surface area contributed by atoms with Crippen LogP contribution in [0.5, 0.6) is 0 Å². The van der Waals surface area contributed by atoms with E-state index >= 15 is 0 Å². The number of nitrogens with one attached hydrogen (secondary N) is 1. The van der Waals surface area contributed by atoms with Crippen LogP contribution in [0.3, 0.4) is 0 Å². The van der Waals surface area contributed by atoms with Crippen LogP contribution in [0, 0.1) is 13.8 Å². The second kappa shape index (κ2) is 7.81. The summed E-state index contributed by atoms with van der Waals surface area (Å²) < 4.78 is 5.39. The number of quaternary nitrogens is 1. The second-order valence-electron chi connectivity index (χ2n) is 6.22. The highest BCUT2D eigenvalue weighted by molar-refractivity contribution is 5.95. The first-order chi connectivity index (χ1) is 12.1. The highest BCUT2D eigenvalue weighted by Crippen LogP contribution is 2.18. The van der Waals surface area contributed by atoms with Gasteiger partial charge in [-0.3, -0.25) is 4.79 Å². The molecule has 1 amide bonds. The topological polar surface area (TPSA) is 58.9 Å². The third-order valence-electron chi connectivity index (χ3n) is 4.23. The largest absolute Gasteiger partial charge is 0.463 e. The quantitative estimate of drug-likeness (QED) is 0.726. The Hall–Kier alpha value is -2.85. The summed E-state index contributed by atoms with van der Waals surface area (Å²) >= 11 is 0. The van der Waals surface area contributed by atoms with Crippen LogP contribution in [0.15, 0.2) is 71.3 Å². The number of amides is 1. The van der Waals surface area contributed by atoms with Crippen LogP contribution in [0.2, 0.25) is 0 Å². The minimum atomic E-state index is -0.341. The van der Waals surface area contributed by atoms with E-state index in [-0.39, 0.29) is 11.9 Å². The van der Waals surface area contributed by atoms with Gasteiger partial charge in [-0.05, 0) is 43.2 Å². The standard InChI is InChI=1S/C21H22N2O2/c1-15-10-11-16(2)19(13-15)23-21(24)20(17-7-4-3-5-8-17)22-14-18-9-6-12-25-18/h3-13,20,22H,14H2,1-2H3,(H,23,24)/p+1/t20-/m0/s1. The highest BCUT2D eigenvalue weighted by atomic mass is 16.3. The number of rotatable bonds is 6. The molecular weight excluding hydrogens is 312 g/mol. The van der Waals surface area contributed by atoms with Crippen molar-refractivity contribution in [1.29, 1.82) is 0 Å². The van der Waals surface area contributed by atoms with E-state index in [1.165, 1.54) is 0 Å². The molecule has 4 heteroatoms. The lowest BCUT2D eigenvalue weighted by atomic mass is 10.1. The van der Waals surface area contributed by atoms with Crippen molar-refractivity contribution in [1.82, 2.24) is 0 Å². The maximum Gasteiger partial charge on any atom is 0.287 e. The Morgan fingerprint density at radius 2 is 1.88 bits per heavy atom. The fourth-order valence-electron chi connectivity index (χ4n) is 2.80. The van der Waals surface area contributed by atoms with E-state index in [0.29, 0.717) is 6.54 Å². The van der Waals surface area contributed by atoms with E-state index in [1.807, 2.05) is 79.8 Å². The zero-order valence-corrected chi connectivity index (χ0v) is 14.5. The zero-order chi connectivity index (χ0) is 17.6. The van der Waals surface area contributed by atoms with Crippen LogP contribution >= 0.6 is 0 Å². The van der Waals surface area contributed by atoms with Gasteiger partial charge in [-0.1, -0.05) is 42.5 Å². The van der Waals surface area contributed by atoms with Crippen LogP contribution < -0.4 is 10.6 Å². The normalized spacial score (nSPS) is 11.9. The van der Waals surface area contributed by atoms with Gasteiger partial charge in [-0.2, -0.15) is 0 Å². The Bertz CT molecular complexity index is 826. The third-order valence-corrected chi connectivity index (χ3v) is 4.23. The van der Waals surface area contributed by atoms with Gasteiger partial charge in [0.2, 0.25) is 0 Å². The molecule has 0 unspecified atom stereocenters. The summed E-state index contributed by atoms with van der Waals surface area (Å²) in [4.78, 5) is 13.0.